The fourth-order valence-corrected chi connectivity index (χ4v) is 2.64. The van der Waals surface area contributed by atoms with Gasteiger partial charge < -0.3 is 5.11 Å². The highest BCUT2D eigenvalue weighted by Gasteiger charge is 2.27. The molecule has 0 bridgehead atoms. The van der Waals surface area contributed by atoms with Gasteiger partial charge in [0.1, 0.15) is 0 Å². The molecule has 17 heavy (non-hydrogen) atoms. The van der Waals surface area contributed by atoms with E-state index in [1.807, 2.05) is 12.1 Å². The highest BCUT2D eigenvalue weighted by atomic mass is 16.3. The summed E-state index contributed by atoms with van der Waals surface area (Å²) in [7, 11) is 0. The van der Waals surface area contributed by atoms with Crippen LogP contribution in [0.25, 0.3) is 0 Å². The van der Waals surface area contributed by atoms with Gasteiger partial charge in [0.05, 0.1) is 6.10 Å². The van der Waals surface area contributed by atoms with E-state index < -0.39 is 0 Å². The van der Waals surface area contributed by atoms with E-state index in [4.69, 9.17) is 0 Å². The van der Waals surface area contributed by atoms with Gasteiger partial charge in [-0.25, -0.2) is 0 Å². The maximum atomic E-state index is 9.50. The molecule has 1 aromatic rings. The van der Waals surface area contributed by atoms with Gasteiger partial charge in [-0.15, -0.1) is 0 Å². The van der Waals surface area contributed by atoms with Crippen molar-refractivity contribution < 1.29 is 5.11 Å². The predicted octanol–water partition coefficient (Wildman–Crippen LogP) is 4.45. The average molecular weight is 234 g/mol. The Labute approximate surface area is 106 Å². The standard InChI is InChI=1S/C16H26O/c1-12(17)13-7-9-14(10-8-13)16(5,6)11-15(2,3)4/h7-10,12,17H,11H2,1-6H3. The normalized spacial score (nSPS) is 14.8. The van der Waals surface area contributed by atoms with E-state index in [9.17, 15) is 5.11 Å². The van der Waals surface area contributed by atoms with Crippen LogP contribution in [0.2, 0.25) is 0 Å². The first kappa shape index (κ1) is 14.2. The Morgan fingerprint density at radius 2 is 1.47 bits per heavy atom. The van der Waals surface area contributed by atoms with E-state index in [2.05, 4.69) is 46.8 Å². The number of aliphatic hydroxyl groups is 1. The lowest BCUT2D eigenvalue weighted by atomic mass is 9.72. The molecule has 0 aromatic heterocycles. The molecule has 0 saturated heterocycles. The third-order valence-corrected chi connectivity index (χ3v) is 3.15. The van der Waals surface area contributed by atoms with Crippen molar-refractivity contribution in [3.05, 3.63) is 35.4 Å². The molecule has 1 atom stereocenters. The van der Waals surface area contributed by atoms with Crippen molar-refractivity contribution in [1.82, 2.24) is 0 Å². The van der Waals surface area contributed by atoms with Crippen LogP contribution in [0.1, 0.15) is 65.2 Å². The Balaban J connectivity index is 2.92. The molecule has 96 valence electrons. The molecule has 0 fully saturated rings. The third-order valence-electron chi connectivity index (χ3n) is 3.15. The minimum atomic E-state index is -0.380. The molecule has 1 N–H and O–H groups in total. The van der Waals surface area contributed by atoms with E-state index >= 15 is 0 Å². The number of rotatable bonds is 3. The van der Waals surface area contributed by atoms with Crippen molar-refractivity contribution in [2.75, 3.05) is 0 Å². The minimum Gasteiger partial charge on any atom is -0.389 e. The molecule has 0 radical (unpaired) electrons. The molecule has 1 unspecified atom stereocenters. The van der Waals surface area contributed by atoms with E-state index in [0.29, 0.717) is 5.41 Å². The van der Waals surface area contributed by atoms with Gasteiger partial charge in [0.25, 0.3) is 0 Å². The molecule has 0 spiro atoms. The van der Waals surface area contributed by atoms with Crippen LogP contribution in [-0.2, 0) is 5.41 Å². The van der Waals surface area contributed by atoms with E-state index in [1.165, 1.54) is 5.56 Å². The smallest absolute Gasteiger partial charge is 0.0761 e. The molecule has 0 heterocycles. The SMILES string of the molecule is CC(O)c1ccc(C(C)(C)CC(C)(C)C)cc1. The molecular formula is C16H26O. The van der Waals surface area contributed by atoms with Gasteiger partial charge in [-0.1, -0.05) is 58.9 Å². The largest absolute Gasteiger partial charge is 0.389 e. The summed E-state index contributed by atoms with van der Waals surface area (Å²) >= 11 is 0. The van der Waals surface area contributed by atoms with Gasteiger partial charge in [-0.2, -0.15) is 0 Å². The summed E-state index contributed by atoms with van der Waals surface area (Å²) in [6.45, 7) is 13.2. The number of aliphatic hydroxyl groups excluding tert-OH is 1. The lowest BCUT2D eigenvalue weighted by molar-refractivity contribution is 0.199. The van der Waals surface area contributed by atoms with Crippen LogP contribution in [0.4, 0.5) is 0 Å². The van der Waals surface area contributed by atoms with Gasteiger partial charge >= 0.3 is 0 Å². The summed E-state index contributed by atoms with van der Waals surface area (Å²) in [5, 5.41) is 9.50. The molecule has 0 aliphatic carbocycles. The maximum absolute atomic E-state index is 9.50. The van der Waals surface area contributed by atoms with Crippen LogP contribution in [0.15, 0.2) is 24.3 Å². The van der Waals surface area contributed by atoms with Crippen LogP contribution in [0, 0.1) is 5.41 Å². The van der Waals surface area contributed by atoms with E-state index in [-0.39, 0.29) is 11.5 Å². The van der Waals surface area contributed by atoms with Crippen LogP contribution in [0.5, 0.6) is 0 Å². The summed E-state index contributed by atoms with van der Waals surface area (Å²) in [6.07, 6.45) is 0.767. The topological polar surface area (TPSA) is 20.2 Å². The fraction of sp³-hybridized carbons (Fsp3) is 0.625. The monoisotopic (exact) mass is 234 g/mol. The van der Waals surface area contributed by atoms with Crippen molar-refractivity contribution in [3.63, 3.8) is 0 Å². The summed E-state index contributed by atoms with van der Waals surface area (Å²) < 4.78 is 0. The molecule has 1 heteroatoms. The van der Waals surface area contributed by atoms with E-state index in [0.717, 1.165) is 12.0 Å². The number of hydrogen-bond acceptors (Lipinski definition) is 1. The van der Waals surface area contributed by atoms with Gasteiger partial charge in [0, 0.05) is 0 Å². The lowest BCUT2D eigenvalue weighted by Gasteiger charge is -2.33. The Hall–Kier alpha value is -0.820. The van der Waals surface area contributed by atoms with Crippen molar-refractivity contribution in [2.24, 2.45) is 5.41 Å². The molecule has 0 saturated carbocycles. The van der Waals surface area contributed by atoms with Crippen LogP contribution < -0.4 is 0 Å². The summed E-state index contributed by atoms with van der Waals surface area (Å²) in [4.78, 5) is 0. The Bertz CT molecular complexity index is 352. The fourth-order valence-electron chi connectivity index (χ4n) is 2.64. The van der Waals surface area contributed by atoms with Gasteiger partial charge in [0.15, 0.2) is 0 Å². The molecule has 1 nitrogen and oxygen atoms in total. The molecule has 0 amide bonds. The average Bonchev–Trinajstić information content (AvgIpc) is 2.14. The quantitative estimate of drug-likeness (QED) is 0.819. The minimum absolute atomic E-state index is 0.176. The molecular weight excluding hydrogens is 208 g/mol. The first-order valence-electron chi connectivity index (χ1n) is 6.40. The molecule has 0 aliphatic rings. The van der Waals surface area contributed by atoms with E-state index in [1.54, 1.807) is 6.92 Å². The van der Waals surface area contributed by atoms with Crippen molar-refractivity contribution in [3.8, 4) is 0 Å². The first-order chi connectivity index (χ1) is 7.62. The van der Waals surface area contributed by atoms with Crippen molar-refractivity contribution in [1.29, 1.82) is 0 Å². The molecule has 0 aliphatic heterocycles. The van der Waals surface area contributed by atoms with Gasteiger partial charge in [0.2, 0.25) is 0 Å². The Kier molecular flexibility index (Phi) is 4.03. The maximum Gasteiger partial charge on any atom is 0.0761 e. The predicted molar refractivity (Wildman–Crippen MR) is 74.2 cm³/mol. The zero-order valence-electron chi connectivity index (χ0n) is 12.0. The summed E-state index contributed by atoms with van der Waals surface area (Å²) in [5.74, 6) is 0. The van der Waals surface area contributed by atoms with Crippen LogP contribution in [-0.4, -0.2) is 5.11 Å². The Morgan fingerprint density at radius 1 is 1.00 bits per heavy atom. The number of hydrogen-bond donors (Lipinski definition) is 1. The lowest BCUT2D eigenvalue weighted by Crippen LogP contribution is -2.24. The zero-order chi connectivity index (χ0) is 13.3. The highest BCUT2D eigenvalue weighted by molar-refractivity contribution is 5.29. The second-order valence-corrected chi connectivity index (χ2v) is 6.92. The number of benzene rings is 1. The second kappa shape index (κ2) is 4.81. The second-order valence-electron chi connectivity index (χ2n) is 6.92. The summed E-state index contributed by atoms with van der Waals surface area (Å²) in [5.41, 5.74) is 2.83. The first-order valence-corrected chi connectivity index (χ1v) is 6.40. The third kappa shape index (κ3) is 4.16. The van der Waals surface area contributed by atoms with Crippen molar-refractivity contribution in [2.45, 2.75) is 59.5 Å². The Morgan fingerprint density at radius 3 is 1.82 bits per heavy atom. The van der Waals surface area contributed by atoms with Crippen LogP contribution in [0.3, 0.4) is 0 Å². The van der Waals surface area contributed by atoms with Crippen molar-refractivity contribution >= 4 is 0 Å². The molecule has 1 rings (SSSR count). The van der Waals surface area contributed by atoms with Gasteiger partial charge in [-0.05, 0) is 35.3 Å². The van der Waals surface area contributed by atoms with Gasteiger partial charge in [-0.3, -0.25) is 0 Å². The zero-order valence-corrected chi connectivity index (χ0v) is 12.0. The molecule has 1 aromatic carbocycles. The highest BCUT2D eigenvalue weighted by Crippen LogP contribution is 2.36. The van der Waals surface area contributed by atoms with Crippen LogP contribution >= 0.6 is 0 Å². The summed E-state index contributed by atoms with van der Waals surface area (Å²) in [6, 6.07) is 8.36.